The fraction of sp³-hybridized carbons (Fsp3) is 0.571. The van der Waals surface area contributed by atoms with Crippen LogP contribution in [0.4, 0.5) is 0 Å². The maximum absolute atomic E-state index is 8.99. The van der Waals surface area contributed by atoms with Crippen LogP contribution in [0.25, 0.3) is 0 Å². The lowest BCUT2D eigenvalue weighted by molar-refractivity contribution is 0.250. The van der Waals surface area contributed by atoms with Gasteiger partial charge in [-0.15, -0.1) is 0 Å². The summed E-state index contributed by atoms with van der Waals surface area (Å²) in [5, 5.41) is 8.99. The van der Waals surface area contributed by atoms with E-state index in [9.17, 15) is 0 Å². The number of nitrogens with two attached hydrogens (primary N) is 1. The van der Waals surface area contributed by atoms with Crippen LogP contribution in [-0.2, 0) is 0 Å². The first-order chi connectivity index (χ1) is 9.12. The Morgan fingerprint density at radius 3 is 2.58 bits per heavy atom. The van der Waals surface area contributed by atoms with Crippen LogP contribution in [0.1, 0.15) is 18.5 Å². The summed E-state index contributed by atoms with van der Waals surface area (Å²) >= 11 is 1.74. The van der Waals surface area contributed by atoms with Crippen molar-refractivity contribution in [2.24, 2.45) is 11.7 Å². The molecular weight excluding hydrogens is 262 g/mol. The highest BCUT2D eigenvalue weighted by Crippen LogP contribution is 2.30. The van der Waals surface area contributed by atoms with Crippen LogP contribution in [0.3, 0.4) is 0 Å². The van der Waals surface area contributed by atoms with E-state index in [0.29, 0.717) is 5.92 Å². The first-order valence-corrected chi connectivity index (χ1v) is 7.44. The van der Waals surface area contributed by atoms with Crippen LogP contribution in [0, 0.1) is 5.92 Å². The molecule has 0 saturated carbocycles. The minimum atomic E-state index is -0.110. The smallest absolute Gasteiger partial charge is 0.123 e. The van der Waals surface area contributed by atoms with E-state index in [1.54, 1.807) is 26.0 Å². The lowest BCUT2D eigenvalue weighted by atomic mass is 10.1. The van der Waals surface area contributed by atoms with Gasteiger partial charge in [-0.1, -0.05) is 6.92 Å². The van der Waals surface area contributed by atoms with Crippen LogP contribution in [0.2, 0.25) is 0 Å². The van der Waals surface area contributed by atoms with Gasteiger partial charge < -0.3 is 20.3 Å². The molecule has 3 N–H and O–H groups in total. The minimum absolute atomic E-state index is 0.110. The Morgan fingerprint density at radius 2 is 2.00 bits per heavy atom. The van der Waals surface area contributed by atoms with E-state index in [4.69, 9.17) is 20.3 Å². The highest BCUT2D eigenvalue weighted by Gasteiger charge is 2.14. The number of hydrogen-bond acceptors (Lipinski definition) is 5. The van der Waals surface area contributed by atoms with E-state index in [2.05, 4.69) is 0 Å². The number of thioether (sulfide) groups is 1. The quantitative estimate of drug-likeness (QED) is 0.765. The molecule has 0 aliphatic heterocycles. The number of ether oxygens (including phenoxy) is 2. The zero-order chi connectivity index (χ0) is 14.3. The number of aliphatic hydroxyl groups is 1. The van der Waals surface area contributed by atoms with Gasteiger partial charge in [0.1, 0.15) is 11.5 Å². The van der Waals surface area contributed by atoms with Crippen molar-refractivity contribution in [2.75, 3.05) is 32.3 Å². The number of hydrogen-bond donors (Lipinski definition) is 2. The molecule has 0 aliphatic rings. The molecule has 0 amide bonds. The first-order valence-electron chi connectivity index (χ1n) is 6.28. The van der Waals surface area contributed by atoms with Gasteiger partial charge in [0.2, 0.25) is 0 Å². The Hall–Kier alpha value is -0.910. The molecule has 0 heterocycles. The Bertz CT molecular complexity index is 387. The molecule has 1 rings (SSSR count). The molecule has 0 spiro atoms. The SMILES string of the molecule is COc1ccc(OC)c(C(N)CSCC(C)CO)c1. The monoisotopic (exact) mass is 285 g/mol. The second-order valence-electron chi connectivity index (χ2n) is 4.54. The summed E-state index contributed by atoms with van der Waals surface area (Å²) in [6.45, 7) is 2.23. The zero-order valence-corrected chi connectivity index (χ0v) is 12.6. The molecule has 108 valence electrons. The van der Waals surface area contributed by atoms with E-state index in [1.165, 1.54) is 0 Å². The Morgan fingerprint density at radius 1 is 1.26 bits per heavy atom. The predicted molar refractivity (Wildman–Crippen MR) is 80.0 cm³/mol. The second kappa shape index (κ2) is 8.30. The minimum Gasteiger partial charge on any atom is -0.497 e. The van der Waals surface area contributed by atoms with Gasteiger partial charge in [0.05, 0.1) is 14.2 Å². The molecule has 19 heavy (non-hydrogen) atoms. The van der Waals surface area contributed by atoms with Crippen molar-refractivity contribution in [3.8, 4) is 11.5 Å². The van der Waals surface area contributed by atoms with Crippen molar-refractivity contribution < 1.29 is 14.6 Å². The van der Waals surface area contributed by atoms with Gasteiger partial charge in [0, 0.05) is 24.0 Å². The van der Waals surface area contributed by atoms with Crippen LogP contribution >= 0.6 is 11.8 Å². The number of rotatable bonds is 8. The van der Waals surface area contributed by atoms with Crippen LogP contribution in [-0.4, -0.2) is 37.4 Å². The van der Waals surface area contributed by atoms with Crippen molar-refractivity contribution in [3.05, 3.63) is 23.8 Å². The van der Waals surface area contributed by atoms with Gasteiger partial charge >= 0.3 is 0 Å². The highest BCUT2D eigenvalue weighted by molar-refractivity contribution is 7.99. The zero-order valence-electron chi connectivity index (χ0n) is 11.8. The van der Waals surface area contributed by atoms with E-state index in [-0.39, 0.29) is 12.6 Å². The molecule has 0 saturated heterocycles. The molecular formula is C14H23NO3S. The molecule has 0 bridgehead atoms. The topological polar surface area (TPSA) is 64.7 Å². The third-order valence-electron chi connectivity index (χ3n) is 2.85. The standard InChI is InChI=1S/C14H23NO3S/c1-10(7-16)8-19-9-13(15)12-6-11(17-2)4-5-14(12)18-3/h4-6,10,13,16H,7-9,15H2,1-3H3. The van der Waals surface area contributed by atoms with Crippen LogP contribution in [0.5, 0.6) is 11.5 Å². The Balaban J connectivity index is 2.66. The number of methoxy groups -OCH3 is 2. The maximum atomic E-state index is 8.99. The lowest BCUT2D eigenvalue weighted by Crippen LogP contribution is -2.16. The number of aliphatic hydroxyl groups excluding tert-OH is 1. The van der Waals surface area contributed by atoms with E-state index in [0.717, 1.165) is 28.6 Å². The molecule has 5 heteroatoms. The van der Waals surface area contributed by atoms with Crippen molar-refractivity contribution in [2.45, 2.75) is 13.0 Å². The van der Waals surface area contributed by atoms with Gasteiger partial charge in [-0.25, -0.2) is 0 Å². The van der Waals surface area contributed by atoms with E-state index >= 15 is 0 Å². The second-order valence-corrected chi connectivity index (χ2v) is 5.61. The molecule has 0 fully saturated rings. The van der Waals surface area contributed by atoms with Crippen molar-refractivity contribution in [3.63, 3.8) is 0 Å². The molecule has 1 aromatic rings. The molecule has 2 atom stereocenters. The lowest BCUT2D eigenvalue weighted by Gasteiger charge is -2.17. The molecule has 4 nitrogen and oxygen atoms in total. The summed E-state index contributed by atoms with van der Waals surface area (Å²) in [6, 6.07) is 5.53. The summed E-state index contributed by atoms with van der Waals surface area (Å²) in [7, 11) is 3.27. The van der Waals surface area contributed by atoms with Gasteiger partial charge in [0.25, 0.3) is 0 Å². The summed E-state index contributed by atoms with van der Waals surface area (Å²) in [5.74, 6) is 3.54. The van der Waals surface area contributed by atoms with Crippen LogP contribution < -0.4 is 15.2 Å². The van der Waals surface area contributed by atoms with E-state index in [1.807, 2.05) is 25.1 Å². The van der Waals surface area contributed by atoms with Gasteiger partial charge in [0.15, 0.2) is 0 Å². The first kappa shape index (κ1) is 16.1. The fourth-order valence-electron chi connectivity index (χ4n) is 1.67. The number of benzene rings is 1. The molecule has 1 aromatic carbocycles. The Kier molecular flexibility index (Phi) is 7.05. The van der Waals surface area contributed by atoms with Crippen molar-refractivity contribution in [1.82, 2.24) is 0 Å². The fourth-order valence-corrected chi connectivity index (χ4v) is 2.75. The summed E-state index contributed by atoms with van der Waals surface area (Å²) in [4.78, 5) is 0. The van der Waals surface area contributed by atoms with Crippen LogP contribution in [0.15, 0.2) is 18.2 Å². The predicted octanol–water partition coefficient (Wildman–Crippen LogP) is 2.07. The van der Waals surface area contributed by atoms with Gasteiger partial charge in [-0.05, 0) is 29.9 Å². The molecule has 0 radical (unpaired) electrons. The summed E-state index contributed by atoms with van der Waals surface area (Å²) < 4.78 is 10.5. The summed E-state index contributed by atoms with van der Waals surface area (Å²) in [6.07, 6.45) is 0. The molecule has 2 unspecified atom stereocenters. The van der Waals surface area contributed by atoms with Gasteiger partial charge in [-0.2, -0.15) is 11.8 Å². The van der Waals surface area contributed by atoms with Crippen molar-refractivity contribution >= 4 is 11.8 Å². The highest BCUT2D eigenvalue weighted by atomic mass is 32.2. The maximum Gasteiger partial charge on any atom is 0.123 e. The molecule has 0 aromatic heterocycles. The van der Waals surface area contributed by atoms with E-state index < -0.39 is 0 Å². The third kappa shape index (κ3) is 4.93. The normalized spacial score (nSPS) is 13.9. The average molecular weight is 285 g/mol. The Labute approximate surface area is 119 Å². The third-order valence-corrected chi connectivity index (χ3v) is 4.25. The average Bonchev–Trinajstić information content (AvgIpc) is 2.45. The van der Waals surface area contributed by atoms with Gasteiger partial charge in [-0.3, -0.25) is 0 Å². The molecule has 0 aliphatic carbocycles. The summed E-state index contributed by atoms with van der Waals surface area (Å²) in [5.41, 5.74) is 7.15. The largest absolute Gasteiger partial charge is 0.497 e. The van der Waals surface area contributed by atoms with Crippen molar-refractivity contribution in [1.29, 1.82) is 0 Å².